The summed E-state index contributed by atoms with van der Waals surface area (Å²) in [5, 5.41) is 6.85. The number of aromatic nitrogens is 4. The summed E-state index contributed by atoms with van der Waals surface area (Å²) in [5.74, 6) is -1.06. The minimum atomic E-state index is -0.811. The van der Waals surface area contributed by atoms with Crippen molar-refractivity contribution in [3.63, 3.8) is 0 Å². The molecular formula is C21H16ClFN6O3. The number of nitrogen functional groups attached to an aromatic ring is 1. The molecule has 4 aromatic rings. The van der Waals surface area contributed by atoms with Crippen molar-refractivity contribution in [3.8, 4) is 11.3 Å². The summed E-state index contributed by atoms with van der Waals surface area (Å²) in [7, 11) is 0. The van der Waals surface area contributed by atoms with Crippen LogP contribution in [0.3, 0.4) is 0 Å². The monoisotopic (exact) mass is 454 g/mol. The van der Waals surface area contributed by atoms with E-state index in [0.29, 0.717) is 0 Å². The first-order valence-electron chi connectivity index (χ1n) is 9.32. The van der Waals surface area contributed by atoms with Crippen LogP contribution in [-0.2, 0) is 11.3 Å². The number of benzene rings is 2. The Balaban J connectivity index is 1.55. The van der Waals surface area contributed by atoms with Crippen molar-refractivity contribution in [2.24, 2.45) is 0 Å². The largest absolute Gasteiger partial charge is 0.454 e. The van der Waals surface area contributed by atoms with Gasteiger partial charge in [0.25, 0.3) is 0 Å². The number of nitrogens with two attached hydrogens (primary N) is 1. The topological polar surface area (TPSA) is 129 Å². The predicted molar refractivity (Wildman–Crippen MR) is 115 cm³/mol. The van der Waals surface area contributed by atoms with Crippen molar-refractivity contribution in [2.45, 2.75) is 13.5 Å². The third kappa shape index (κ3) is 4.49. The molecule has 0 radical (unpaired) electrons. The van der Waals surface area contributed by atoms with E-state index in [9.17, 15) is 9.18 Å². The van der Waals surface area contributed by atoms with E-state index in [4.69, 9.17) is 26.6 Å². The Morgan fingerprint density at radius 1 is 1.16 bits per heavy atom. The molecule has 0 atom stereocenters. The van der Waals surface area contributed by atoms with E-state index in [1.165, 1.54) is 25.1 Å². The molecule has 0 aliphatic rings. The molecule has 4 rings (SSSR count). The smallest absolute Gasteiger partial charge is 0.344 e. The van der Waals surface area contributed by atoms with Gasteiger partial charge in [0.05, 0.1) is 10.6 Å². The van der Waals surface area contributed by atoms with Gasteiger partial charge < -0.3 is 20.3 Å². The number of hydrogen-bond donors (Lipinski definition) is 2. The summed E-state index contributed by atoms with van der Waals surface area (Å²) in [5.41, 5.74) is 6.32. The Morgan fingerprint density at radius 3 is 2.69 bits per heavy atom. The normalized spacial score (nSPS) is 10.7. The molecule has 2 aromatic carbocycles. The molecule has 0 unspecified atom stereocenters. The lowest BCUT2D eigenvalue weighted by Gasteiger charge is -2.09. The molecule has 0 saturated carbocycles. The summed E-state index contributed by atoms with van der Waals surface area (Å²) in [4.78, 5) is 25.0. The molecule has 0 spiro atoms. The number of halogens is 2. The Kier molecular flexibility index (Phi) is 5.95. The number of carbonyl (C=O) groups excluding carboxylic acids is 1. The first-order valence-corrected chi connectivity index (χ1v) is 9.70. The van der Waals surface area contributed by atoms with E-state index in [-0.39, 0.29) is 51.9 Å². The molecule has 0 bridgehead atoms. The minimum absolute atomic E-state index is 0.0514. The van der Waals surface area contributed by atoms with Crippen molar-refractivity contribution in [1.82, 2.24) is 20.1 Å². The molecule has 0 aliphatic carbocycles. The van der Waals surface area contributed by atoms with Gasteiger partial charge in [0.15, 0.2) is 12.4 Å². The van der Waals surface area contributed by atoms with Crippen LogP contribution in [0, 0.1) is 12.7 Å². The second-order valence-electron chi connectivity index (χ2n) is 6.56. The third-order valence-corrected chi connectivity index (χ3v) is 4.64. The van der Waals surface area contributed by atoms with Crippen LogP contribution in [0.15, 0.2) is 53.1 Å². The first-order chi connectivity index (χ1) is 15.4. The van der Waals surface area contributed by atoms with E-state index < -0.39 is 11.8 Å². The fourth-order valence-corrected chi connectivity index (χ4v) is 3.17. The average Bonchev–Trinajstić information content (AvgIpc) is 3.13. The van der Waals surface area contributed by atoms with Crippen LogP contribution in [-0.4, -0.2) is 26.1 Å². The summed E-state index contributed by atoms with van der Waals surface area (Å²) in [6.45, 7) is 1.19. The molecular weight excluding hydrogens is 439 g/mol. The maximum absolute atomic E-state index is 14.3. The number of carbonyl (C=O) groups is 1. The lowest BCUT2D eigenvalue weighted by atomic mass is 10.1. The van der Waals surface area contributed by atoms with Crippen molar-refractivity contribution in [3.05, 3.63) is 76.5 Å². The van der Waals surface area contributed by atoms with Crippen LogP contribution in [0.25, 0.3) is 11.3 Å². The van der Waals surface area contributed by atoms with Crippen LogP contribution in [0.5, 0.6) is 0 Å². The molecule has 3 N–H and O–H groups in total. The van der Waals surface area contributed by atoms with E-state index in [0.717, 1.165) is 5.69 Å². The third-order valence-electron chi connectivity index (χ3n) is 4.33. The Hall–Kier alpha value is -4.05. The highest BCUT2D eigenvalue weighted by molar-refractivity contribution is 6.33. The highest BCUT2D eigenvalue weighted by atomic mass is 35.5. The van der Waals surface area contributed by atoms with Gasteiger partial charge in [-0.05, 0) is 31.2 Å². The minimum Gasteiger partial charge on any atom is -0.454 e. The fourth-order valence-electron chi connectivity index (χ4n) is 2.92. The van der Waals surface area contributed by atoms with Gasteiger partial charge in [0.2, 0.25) is 11.9 Å². The highest BCUT2D eigenvalue weighted by Gasteiger charge is 2.26. The molecule has 0 saturated heterocycles. The van der Waals surface area contributed by atoms with Gasteiger partial charge >= 0.3 is 5.97 Å². The highest BCUT2D eigenvalue weighted by Crippen LogP contribution is 2.33. The molecule has 0 fully saturated rings. The standard InChI is InChI=1S/C21H16ClFN6O3/c1-11-16(18(29-32-11)17-13(22)8-5-9-14(17)23)19(30)31-10-15-26-20(24)28-21(27-15)25-12-6-3-2-4-7-12/h2-9H,10H2,1H3,(H3,24,25,26,27,28). The lowest BCUT2D eigenvalue weighted by molar-refractivity contribution is 0.0461. The van der Waals surface area contributed by atoms with Gasteiger partial charge in [-0.15, -0.1) is 0 Å². The van der Waals surface area contributed by atoms with Gasteiger partial charge in [-0.2, -0.15) is 15.0 Å². The van der Waals surface area contributed by atoms with Gasteiger partial charge in [-0.1, -0.05) is 41.0 Å². The number of anilines is 3. The molecule has 2 aromatic heterocycles. The molecule has 0 aliphatic heterocycles. The van der Waals surface area contributed by atoms with Crippen molar-refractivity contribution >= 4 is 35.2 Å². The van der Waals surface area contributed by atoms with Gasteiger partial charge in [-0.3, -0.25) is 0 Å². The quantitative estimate of drug-likeness (QED) is 0.409. The summed E-state index contributed by atoms with van der Waals surface area (Å²) in [6, 6.07) is 13.3. The maximum Gasteiger partial charge on any atom is 0.344 e. The van der Waals surface area contributed by atoms with Gasteiger partial charge in [-0.25, -0.2) is 9.18 Å². The van der Waals surface area contributed by atoms with E-state index >= 15 is 0 Å². The number of para-hydroxylation sites is 1. The van der Waals surface area contributed by atoms with Gasteiger partial charge in [0, 0.05) is 5.69 Å². The number of hydrogen-bond acceptors (Lipinski definition) is 9. The van der Waals surface area contributed by atoms with Crippen LogP contribution in [0.4, 0.5) is 22.0 Å². The van der Waals surface area contributed by atoms with Crippen LogP contribution < -0.4 is 11.1 Å². The molecule has 2 heterocycles. The molecule has 162 valence electrons. The zero-order valence-corrected chi connectivity index (χ0v) is 17.4. The van der Waals surface area contributed by atoms with Crippen molar-refractivity contribution < 1.29 is 18.4 Å². The fraction of sp³-hybridized carbons (Fsp3) is 0.0952. The Bertz CT molecular complexity index is 1260. The first kappa shape index (κ1) is 21.2. The second kappa shape index (κ2) is 8.98. The zero-order chi connectivity index (χ0) is 22.7. The summed E-state index contributed by atoms with van der Waals surface area (Å²) < 4.78 is 24.7. The number of esters is 1. The van der Waals surface area contributed by atoms with Crippen LogP contribution in [0.1, 0.15) is 21.9 Å². The van der Waals surface area contributed by atoms with Crippen LogP contribution in [0.2, 0.25) is 5.02 Å². The van der Waals surface area contributed by atoms with E-state index in [1.54, 1.807) is 0 Å². The van der Waals surface area contributed by atoms with E-state index in [1.807, 2.05) is 30.3 Å². The van der Waals surface area contributed by atoms with Gasteiger partial charge in [0.1, 0.15) is 22.8 Å². The molecule has 11 heteroatoms. The number of nitrogens with zero attached hydrogens (tertiary/aromatic N) is 4. The molecule has 0 amide bonds. The summed E-state index contributed by atoms with van der Waals surface area (Å²) in [6.07, 6.45) is 0. The SMILES string of the molecule is Cc1onc(-c2c(F)cccc2Cl)c1C(=O)OCc1nc(N)nc(Nc2ccccc2)n1. The van der Waals surface area contributed by atoms with Crippen LogP contribution >= 0.6 is 11.6 Å². The van der Waals surface area contributed by atoms with Crippen molar-refractivity contribution in [2.75, 3.05) is 11.1 Å². The number of aryl methyl sites for hydroxylation is 1. The molecule has 9 nitrogen and oxygen atoms in total. The lowest BCUT2D eigenvalue weighted by Crippen LogP contribution is -2.12. The molecule has 32 heavy (non-hydrogen) atoms. The zero-order valence-electron chi connectivity index (χ0n) is 16.7. The Labute approximate surface area is 186 Å². The average molecular weight is 455 g/mol. The second-order valence-corrected chi connectivity index (χ2v) is 6.97. The number of rotatable bonds is 6. The van der Waals surface area contributed by atoms with Crippen molar-refractivity contribution in [1.29, 1.82) is 0 Å². The maximum atomic E-state index is 14.3. The predicted octanol–water partition coefficient (Wildman–Crippen LogP) is 4.31. The number of ether oxygens (including phenoxy) is 1. The Morgan fingerprint density at radius 2 is 1.94 bits per heavy atom. The van der Waals surface area contributed by atoms with E-state index in [2.05, 4.69) is 25.4 Å². The number of nitrogens with one attached hydrogen (secondary N) is 1. The summed E-state index contributed by atoms with van der Waals surface area (Å²) >= 11 is 6.10.